The lowest BCUT2D eigenvalue weighted by Gasteiger charge is -2.05. The van der Waals surface area contributed by atoms with Gasteiger partial charge in [-0.1, -0.05) is 48.8 Å². The van der Waals surface area contributed by atoms with E-state index in [1.807, 2.05) is 37.3 Å². The lowest BCUT2D eigenvalue weighted by molar-refractivity contribution is -0.120. The Kier molecular flexibility index (Phi) is 4.56. The van der Waals surface area contributed by atoms with E-state index >= 15 is 0 Å². The Hall–Kier alpha value is -2.10. The molecule has 0 bridgehead atoms. The first-order chi connectivity index (χ1) is 9.54. The first-order valence-electron chi connectivity index (χ1n) is 6.84. The van der Waals surface area contributed by atoms with Crippen LogP contribution in [0.25, 0.3) is 11.3 Å². The van der Waals surface area contributed by atoms with Gasteiger partial charge < -0.3 is 9.84 Å². The minimum atomic E-state index is -0.0255. The molecule has 1 aromatic carbocycles. The number of amides is 1. The topological polar surface area (TPSA) is 55.1 Å². The number of rotatable bonds is 5. The molecule has 0 aliphatic rings. The molecule has 20 heavy (non-hydrogen) atoms. The monoisotopic (exact) mass is 272 g/mol. The molecule has 2 rings (SSSR count). The van der Waals surface area contributed by atoms with Gasteiger partial charge in [0.25, 0.3) is 0 Å². The number of nitrogens with zero attached hydrogens (tertiary/aromatic N) is 1. The third-order valence-corrected chi connectivity index (χ3v) is 2.94. The molecule has 1 N–H and O–H groups in total. The Bertz CT molecular complexity index is 570. The molecule has 0 atom stereocenters. The molecule has 0 aliphatic heterocycles. The van der Waals surface area contributed by atoms with Crippen molar-refractivity contribution in [3.63, 3.8) is 0 Å². The predicted octanol–water partition coefficient (Wildman–Crippen LogP) is 2.96. The normalized spacial score (nSPS) is 10.8. The molecule has 1 heterocycles. The lowest BCUT2D eigenvalue weighted by atomic mass is 10.1. The number of carbonyl (C=O) groups is 1. The molecule has 4 heteroatoms. The van der Waals surface area contributed by atoms with Crippen molar-refractivity contribution in [1.29, 1.82) is 0 Å². The summed E-state index contributed by atoms with van der Waals surface area (Å²) in [7, 11) is 0. The van der Waals surface area contributed by atoms with Crippen LogP contribution in [0.2, 0.25) is 0 Å². The van der Waals surface area contributed by atoms with Gasteiger partial charge in [0.05, 0.1) is 12.1 Å². The standard InChI is InChI=1S/C16H20N2O2/c1-11(2)10-17-16(19)9-14-8-15(20-18-14)13-6-4-12(3)5-7-13/h4-8,11H,9-10H2,1-3H3,(H,17,19). The van der Waals surface area contributed by atoms with Gasteiger partial charge in [-0.2, -0.15) is 0 Å². The van der Waals surface area contributed by atoms with E-state index < -0.39 is 0 Å². The highest BCUT2D eigenvalue weighted by atomic mass is 16.5. The second-order valence-electron chi connectivity index (χ2n) is 5.42. The largest absolute Gasteiger partial charge is 0.356 e. The summed E-state index contributed by atoms with van der Waals surface area (Å²) < 4.78 is 5.29. The highest BCUT2D eigenvalue weighted by Gasteiger charge is 2.10. The summed E-state index contributed by atoms with van der Waals surface area (Å²) in [5.74, 6) is 1.11. The fraction of sp³-hybridized carbons (Fsp3) is 0.375. The van der Waals surface area contributed by atoms with Crippen molar-refractivity contribution >= 4 is 5.91 Å². The molecule has 0 fully saturated rings. The van der Waals surface area contributed by atoms with Gasteiger partial charge in [0, 0.05) is 18.2 Å². The zero-order valence-corrected chi connectivity index (χ0v) is 12.1. The van der Waals surface area contributed by atoms with Crippen molar-refractivity contribution in [1.82, 2.24) is 10.5 Å². The molecule has 1 amide bonds. The first kappa shape index (κ1) is 14.3. The zero-order valence-electron chi connectivity index (χ0n) is 12.1. The molecule has 2 aromatic rings. The number of hydrogen-bond donors (Lipinski definition) is 1. The van der Waals surface area contributed by atoms with Crippen molar-refractivity contribution in [2.45, 2.75) is 27.2 Å². The van der Waals surface area contributed by atoms with Crippen LogP contribution in [0.5, 0.6) is 0 Å². The van der Waals surface area contributed by atoms with Gasteiger partial charge in [0.15, 0.2) is 5.76 Å². The van der Waals surface area contributed by atoms with E-state index in [-0.39, 0.29) is 12.3 Å². The van der Waals surface area contributed by atoms with Crippen LogP contribution in [0.15, 0.2) is 34.9 Å². The van der Waals surface area contributed by atoms with Crippen LogP contribution in [-0.2, 0) is 11.2 Å². The third kappa shape index (κ3) is 3.95. The summed E-state index contributed by atoms with van der Waals surface area (Å²) in [6.45, 7) is 6.84. The summed E-state index contributed by atoms with van der Waals surface area (Å²) >= 11 is 0. The van der Waals surface area contributed by atoms with Crippen LogP contribution in [0, 0.1) is 12.8 Å². The van der Waals surface area contributed by atoms with E-state index in [0.717, 1.165) is 5.56 Å². The Morgan fingerprint density at radius 1 is 1.30 bits per heavy atom. The Morgan fingerprint density at radius 3 is 2.65 bits per heavy atom. The maximum absolute atomic E-state index is 11.7. The van der Waals surface area contributed by atoms with Gasteiger partial charge in [-0.25, -0.2) is 0 Å². The molecule has 106 valence electrons. The van der Waals surface area contributed by atoms with Gasteiger partial charge in [-0.3, -0.25) is 4.79 Å². The fourth-order valence-electron chi connectivity index (χ4n) is 1.79. The minimum absolute atomic E-state index is 0.0255. The van der Waals surface area contributed by atoms with E-state index in [0.29, 0.717) is 23.9 Å². The fourth-order valence-corrected chi connectivity index (χ4v) is 1.79. The number of nitrogens with one attached hydrogen (secondary N) is 1. The summed E-state index contributed by atoms with van der Waals surface area (Å²) in [5.41, 5.74) is 2.82. The van der Waals surface area contributed by atoms with E-state index in [9.17, 15) is 4.79 Å². The second kappa shape index (κ2) is 6.37. The quantitative estimate of drug-likeness (QED) is 0.910. The van der Waals surface area contributed by atoms with Crippen molar-refractivity contribution in [3.8, 4) is 11.3 Å². The number of aromatic nitrogens is 1. The molecule has 0 radical (unpaired) electrons. The van der Waals surface area contributed by atoms with E-state index in [2.05, 4.69) is 24.3 Å². The number of carbonyl (C=O) groups excluding carboxylic acids is 1. The SMILES string of the molecule is Cc1ccc(-c2cc(CC(=O)NCC(C)C)no2)cc1. The molecule has 0 unspecified atom stereocenters. The summed E-state index contributed by atoms with van der Waals surface area (Å²) in [6, 6.07) is 9.83. The van der Waals surface area contributed by atoms with Crippen LogP contribution in [0.4, 0.5) is 0 Å². The van der Waals surface area contributed by atoms with Gasteiger partial charge in [0.2, 0.25) is 5.91 Å². The molecular formula is C16H20N2O2. The van der Waals surface area contributed by atoms with Crippen LogP contribution >= 0.6 is 0 Å². The zero-order chi connectivity index (χ0) is 14.5. The van der Waals surface area contributed by atoms with Gasteiger partial charge in [-0.05, 0) is 12.8 Å². The highest BCUT2D eigenvalue weighted by molar-refractivity contribution is 5.78. The molecule has 0 aliphatic carbocycles. The Morgan fingerprint density at radius 2 is 2.00 bits per heavy atom. The average Bonchev–Trinajstić information content (AvgIpc) is 2.85. The van der Waals surface area contributed by atoms with Crippen molar-refractivity contribution in [2.24, 2.45) is 5.92 Å². The maximum Gasteiger partial charge on any atom is 0.226 e. The van der Waals surface area contributed by atoms with E-state index in [1.165, 1.54) is 5.56 Å². The smallest absolute Gasteiger partial charge is 0.226 e. The molecule has 1 aromatic heterocycles. The Balaban J connectivity index is 1.98. The van der Waals surface area contributed by atoms with Gasteiger partial charge >= 0.3 is 0 Å². The van der Waals surface area contributed by atoms with Crippen LogP contribution in [0.3, 0.4) is 0 Å². The van der Waals surface area contributed by atoms with Crippen molar-refractivity contribution < 1.29 is 9.32 Å². The van der Waals surface area contributed by atoms with Gasteiger partial charge in [0.1, 0.15) is 0 Å². The molecule has 0 saturated carbocycles. The van der Waals surface area contributed by atoms with Crippen LogP contribution in [-0.4, -0.2) is 17.6 Å². The highest BCUT2D eigenvalue weighted by Crippen LogP contribution is 2.20. The lowest BCUT2D eigenvalue weighted by Crippen LogP contribution is -2.28. The van der Waals surface area contributed by atoms with Crippen molar-refractivity contribution in [2.75, 3.05) is 6.54 Å². The van der Waals surface area contributed by atoms with Crippen LogP contribution in [0.1, 0.15) is 25.1 Å². The predicted molar refractivity (Wildman–Crippen MR) is 78.2 cm³/mol. The number of benzene rings is 1. The minimum Gasteiger partial charge on any atom is -0.356 e. The number of hydrogen-bond acceptors (Lipinski definition) is 3. The molecular weight excluding hydrogens is 252 g/mol. The first-order valence-corrected chi connectivity index (χ1v) is 6.84. The van der Waals surface area contributed by atoms with E-state index in [4.69, 9.17) is 4.52 Å². The maximum atomic E-state index is 11.7. The van der Waals surface area contributed by atoms with E-state index in [1.54, 1.807) is 0 Å². The third-order valence-electron chi connectivity index (χ3n) is 2.94. The summed E-state index contributed by atoms with van der Waals surface area (Å²) in [5, 5.41) is 6.81. The van der Waals surface area contributed by atoms with Crippen LogP contribution < -0.4 is 5.32 Å². The summed E-state index contributed by atoms with van der Waals surface area (Å²) in [4.78, 5) is 11.7. The molecule has 0 saturated heterocycles. The molecule has 0 spiro atoms. The molecule has 4 nitrogen and oxygen atoms in total. The van der Waals surface area contributed by atoms with Crippen molar-refractivity contribution in [3.05, 3.63) is 41.6 Å². The average molecular weight is 272 g/mol. The van der Waals surface area contributed by atoms with Gasteiger partial charge in [-0.15, -0.1) is 0 Å². The summed E-state index contributed by atoms with van der Waals surface area (Å²) in [6.07, 6.45) is 0.252. The Labute approximate surface area is 119 Å². The second-order valence-corrected chi connectivity index (χ2v) is 5.42. The number of aryl methyl sites for hydroxylation is 1.